The molecule has 0 bridgehead atoms. The average molecular weight is 285 g/mol. The van der Waals surface area contributed by atoms with E-state index in [4.69, 9.17) is 0 Å². The van der Waals surface area contributed by atoms with Crippen molar-refractivity contribution < 1.29 is 12.8 Å². The van der Waals surface area contributed by atoms with Crippen molar-refractivity contribution in [3.05, 3.63) is 35.6 Å². The maximum absolute atomic E-state index is 13.7. The molecule has 1 fully saturated rings. The molecule has 1 aliphatic rings. The number of likely N-dealkylation sites (N-methyl/N-ethyl adjacent to an activating group) is 1. The lowest BCUT2D eigenvalue weighted by molar-refractivity contribution is 0.450. The van der Waals surface area contributed by atoms with Gasteiger partial charge in [-0.15, -0.1) is 0 Å². The molecule has 0 saturated carbocycles. The predicted molar refractivity (Wildman–Crippen MR) is 74.4 cm³/mol. The summed E-state index contributed by atoms with van der Waals surface area (Å²) in [4.78, 5) is 0. The van der Waals surface area contributed by atoms with Crippen LogP contribution in [0.4, 0.5) is 4.39 Å². The first-order valence-electron chi connectivity index (χ1n) is 6.67. The van der Waals surface area contributed by atoms with E-state index in [0.29, 0.717) is 18.4 Å². The summed E-state index contributed by atoms with van der Waals surface area (Å²) in [5, 5.41) is 2.66. The van der Waals surface area contributed by atoms with Crippen LogP contribution in [0.5, 0.6) is 0 Å². The number of hydrogen-bond donors (Lipinski definition) is 1. The van der Waals surface area contributed by atoms with Gasteiger partial charge in [0.1, 0.15) is 5.82 Å². The Morgan fingerprint density at radius 3 is 2.74 bits per heavy atom. The van der Waals surface area contributed by atoms with Crippen LogP contribution in [0.15, 0.2) is 24.3 Å². The van der Waals surface area contributed by atoms with Gasteiger partial charge in [-0.25, -0.2) is 12.8 Å². The van der Waals surface area contributed by atoms with Crippen LogP contribution < -0.4 is 5.32 Å². The lowest BCUT2D eigenvalue weighted by Crippen LogP contribution is -2.46. The summed E-state index contributed by atoms with van der Waals surface area (Å²) in [6.07, 6.45) is 2.75. The fraction of sp³-hybridized carbons (Fsp3) is 0.571. The van der Waals surface area contributed by atoms with Crippen LogP contribution in [0, 0.1) is 5.82 Å². The van der Waals surface area contributed by atoms with Crippen LogP contribution in [0.3, 0.4) is 0 Å². The number of nitrogens with one attached hydrogen (secondary N) is 1. The first-order valence-corrected chi connectivity index (χ1v) is 8.38. The third kappa shape index (κ3) is 3.34. The summed E-state index contributed by atoms with van der Waals surface area (Å²) < 4.78 is 37.9. The van der Waals surface area contributed by atoms with Gasteiger partial charge in [-0.2, -0.15) is 0 Å². The fourth-order valence-electron chi connectivity index (χ4n) is 2.75. The van der Waals surface area contributed by atoms with E-state index in [2.05, 4.69) is 5.32 Å². The van der Waals surface area contributed by atoms with Crippen LogP contribution >= 0.6 is 0 Å². The van der Waals surface area contributed by atoms with Crippen LogP contribution in [-0.4, -0.2) is 32.5 Å². The molecule has 2 rings (SSSR count). The van der Waals surface area contributed by atoms with Crippen molar-refractivity contribution >= 4 is 9.84 Å². The summed E-state index contributed by atoms with van der Waals surface area (Å²) in [5.74, 6) is -0.0106. The average Bonchev–Trinajstić information content (AvgIpc) is 2.38. The van der Waals surface area contributed by atoms with E-state index in [1.165, 1.54) is 6.07 Å². The lowest BCUT2D eigenvalue weighted by atomic mass is 9.99. The first-order chi connectivity index (χ1) is 9.04. The van der Waals surface area contributed by atoms with E-state index >= 15 is 0 Å². The molecule has 0 amide bonds. The maximum atomic E-state index is 13.7. The molecule has 1 N–H and O–H groups in total. The Balaban J connectivity index is 2.18. The molecule has 1 saturated heterocycles. The minimum atomic E-state index is -3.05. The molecule has 0 aromatic heterocycles. The molecule has 1 aromatic carbocycles. The Morgan fingerprint density at radius 1 is 1.37 bits per heavy atom. The van der Waals surface area contributed by atoms with E-state index in [0.717, 1.165) is 12.8 Å². The first kappa shape index (κ1) is 14.5. The van der Waals surface area contributed by atoms with Crippen molar-refractivity contribution in [2.75, 3.05) is 12.8 Å². The van der Waals surface area contributed by atoms with Gasteiger partial charge in [0.05, 0.1) is 11.0 Å². The predicted octanol–water partition coefficient (Wildman–Crippen LogP) is 1.92. The van der Waals surface area contributed by atoms with Gasteiger partial charge in [0, 0.05) is 6.04 Å². The third-order valence-corrected chi connectivity index (χ3v) is 6.19. The molecule has 1 aliphatic heterocycles. The topological polar surface area (TPSA) is 46.2 Å². The highest BCUT2D eigenvalue weighted by molar-refractivity contribution is 7.92. The molecule has 3 nitrogen and oxygen atoms in total. The largest absolute Gasteiger partial charge is 0.315 e. The molecule has 2 unspecified atom stereocenters. The SMILES string of the molecule is CNC(Cc1ccccc1F)C1CCCCS1(=O)=O. The quantitative estimate of drug-likeness (QED) is 0.919. The second-order valence-electron chi connectivity index (χ2n) is 5.09. The summed E-state index contributed by atoms with van der Waals surface area (Å²) >= 11 is 0. The highest BCUT2D eigenvalue weighted by atomic mass is 32.2. The molecule has 0 radical (unpaired) electrons. The second-order valence-corrected chi connectivity index (χ2v) is 7.43. The van der Waals surface area contributed by atoms with Gasteiger partial charge in [-0.05, 0) is 37.9 Å². The molecule has 5 heteroatoms. The minimum absolute atomic E-state index is 0.220. The zero-order chi connectivity index (χ0) is 13.9. The van der Waals surface area contributed by atoms with Crippen molar-refractivity contribution in [1.29, 1.82) is 0 Å². The maximum Gasteiger partial charge on any atom is 0.154 e. The van der Waals surface area contributed by atoms with E-state index in [-0.39, 0.29) is 17.6 Å². The highest BCUT2D eigenvalue weighted by Gasteiger charge is 2.35. The molecule has 1 heterocycles. The Bertz CT molecular complexity index is 530. The summed E-state index contributed by atoms with van der Waals surface area (Å²) in [6.45, 7) is 0. The van der Waals surface area contributed by atoms with Crippen molar-refractivity contribution in [3.8, 4) is 0 Å². The number of benzene rings is 1. The molecule has 2 atom stereocenters. The summed E-state index contributed by atoms with van der Waals surface area (Å²) in [7, 11) is -1.31. The highest BCUT2D eigenvalue weighted by Crippen LogP contribution is 2.24. The van der Waals surface area contributed by atoms with Gasteiger partial charge in [0.2, 0.25) is 0 Å². The minimum Gasteiger partial charge on any atom is -0.315 e. The lowest BCUT2D eigenvalue weighted by Gasteiger charge is -2.30. The van der Waals surface area contributed by atoms with E-state index < -0.39 is 15.1 Å². The molecule has 0 spiro atoms. The Kier molecular flexibility index (Phi) is 4.58. The Morgan fingerprint density at radius 2 is 2.11 bits per heavy atom. The smallest absolute Gasteiger partial charge is 0.154 e. The zero-order valence-electron chi connectivity index (χ0n) is 11.1. The van der Waals surface area contributed by atoms with Gasteiger partial charge < -0.3 is 5.32 Å². The van der Waals surface area contributed by atoms with Gasteiger partial charge in [-0.3, -0.25) is 0 Å². The van der Waals surface area contributed by atoms with Crippen LogP contribution in [0.25, 0.3) is 0 Å². The van der Waals surface area contributed by atoms with Gasteiger partial charge in [0.25, 0.3) is 0 Å². The Labute approximate surface area is 114 Å². The Hall–Kier alpha value is -0.940. The van der Waals surface area contributed by atoms with Gasteiger partial charge in [-0.1, -0.05) is 24.6 Å². The number of hydrogen-bond acceptors (Lipinski definition) is 3. The zero-order valence-corrected chi connectivity index (χ0v) is 11.9. The summed E-state index contributed by atoms with van der Waals surface area (Å²) in [6, 6.07) is 6.33. The van der Waals surface area contributed by atoms with Crippen LogP contribution in [0.1, 0.15) is 24.8 Å². The molecule has 1 aromatic rings. The van der Waals surface area contributed by atoms with E-state index in [1.54, 1.807) is 25.2 Å². The van der Waals surface area contributed by atoms with Crippen molar-refractivity contribution in [3.63, 3.8) is 0 Å². The van der Waals surface area contributed by atoms with Crippen molar-refractivity contribution in [2.45, 2.75) is 37.0 Å². The summed E-state index contributed by atoms with van der Waals surface area (Å²) in [5.41, 5.74) is 0.572. The number of halogens is 1. The van der Waals surface area contributed by atoms with Gasteiger partial charge >= 0.3 is 0 Å². The standard InChI is InChI=1S/C14H20FNO2S/c1-16-13(10-11-6-2-3-7-12(11)15)14-8-4-5-9-19(14,17)18/h2-3,6-7,13-14,16H,4-5,8-10H2,1H3. The molecular formula is C14H20FNO2S. The van der Waals surface area contributed by atoms with Crippen molar-refractivity contribution in [2.24, 2.45) is 0 Å². The third-order valence-electron chi connectivity index (χ3n) is 3.85. The van der Waals surface area contributed by atoms with Crippen LogP contribution in [0.2, 0.25) is 0 Å². The fourth-order valence-corrected chi connectivity index (χ4v) is 4.92. The van der Waals surface area contributed by atoms with E-state index in [1.807, 2.05) is 0 Å². The van der Waals surface area contributed by atoms with Crippen LogP contribution in [-0.2, 0) is 16.3 Å². The molecule has 106 valence electrons. The monoisotopic (exact) mass is 285 g/mol. The van der Waals surface area contributed by atoms with Crippen molar-refractivity contribution in [1.82, 2.24) is 5.32 Å². The second kappa shape index (κ2) is 6.01. The molecule has 0 aliphatic carbocycles. The molecular weight excluding hydrogens is 265 g/mol. The normalized spacial score (nSPS) is 24.0. The van der Waals surface area contributed by atoms with Gasteiger partial charge in [0.15, 0.2) is 9.84 Å². The molecule has 19 heavy (non-hydrogen) atoms. The number of sulfone groups is 1. The number of rotatable bonds is 4. The van der Waals surface area contributed by atoms with E-state index in [9.17, 15) is 12.8 Å².